The standard InChI is InChI=1S/C12H17NO2S/c1-9-4-3-5-10(8-9)16-7-6-12(2,13)11(14)15/h3-5,8H,6-7,13H2,1-2H3,(H,14,15). The van der Waals surface area contributed by atoms with Crippen LogP contribution in [0.1, 0.15) is 18.9 Å². The summed E-state index contributed by atoms with van der Waals surface area (Å²) in [7, 11) is 0. The molecule has 1 unspecified atom stereocenters. The van der Waals surface area contributed by atoms with Crippen molar-refractivity contribution in [3.05, 3.63) is 29.8 Å². The molecule has 0 saturated heterocycles. The minimum atomic E-state index is -1.13. The molecule has 0 spiro atoms. The van der Waals surface area contributed by atoms with Gasteiger partial charge < -0.3 is 10.8 Å². The highest BCUT2D eigenvalue weighted by Gasteiger charge is 2.26. The monoisotopic (exact) mass is 239 g/mol. The van der Waals surface area contributed by atoms with E-state index in [1.54, 1.807) is 18.7 Å². The third-order valence-electron chi connectivity index (χ3n) is 2.37. The van der Waals surface area contributed by atoms with Crippen LogP contribution in [0, 0.1) is 6.92 Å². The summed E-state index contributed by atoms with van der Waals surface area (Å²) in [4.78, 5) is 11.9. The molecule has 16 heavy (non-hydrogen) atoms. The molecule has 4 heteroatoms. The van der Waals surface area contributed by atoms with Gasteiger partial charge in [-0.1, -0.05) is 17.7 Å². The van der Waals surface area contributed by atoms with Crippen LogP contribution in [-0.4, -0.2) is 22.4 Å². The first-order chi connectivity index (χ1) is 7.42. The van der Waals surface area contributed by atoms with Gasteiger partial charge in [0, 0.05) is 10.6 Å². The summed E-state index contributed by atoms with van der Waals surface area (Å²) >= 11 is 1.64. The molecular weight excluding hydrogens is 222 g/mol. The number of carboxylic acid groups (broad SMARTS) is 1. The SMILES string of the molecule is Cc1cccc(SCCC(C)(N)C(=O)O)c1. The normalized spacial score (nSPS) is 14.4. The van der Waals surface area contributed by atoms with Crippen molar-refractivity contribution in [3.63, 3.8) is 0 Å². The van der Waals surface area contributed by atoms with Gasteiger partial charge in [0.05, 0.1) is 0 Å². The Bertz CT molecular complexity index is 377. The molecule has 0 fully saturated rings. The zero-order valence-corrected chi connectivity index (χ0v) is 10.4. The average molecular weight is 239 g/mol. The van der Waals surface area contributed by atoms with Gasteiger partial charge >= 0.3 is 5.97 Å². The molecule has 3 nitrogen and oxygen atoms in total. The van der Waals surface area contributed by atoms with Crippen LogP contribution in [0.5, 0.6) is 0 Å². The van der Waals surface area contributed by atoms with Crippen molar-refractivity contribution < 1.29 is 9.90 Å². The Labute approximate surface area is 100 Å². The lowest BCUT2D eigenvalue weighted by Gasteiger charge is -2.18. The molecule has 0 aromatic heterocycles. The summed E-state index contributed by atoms with van der Waals surface area (Å²) in [6.45, 7) is 3.58. The summed E-state index contributed by atoms with van der Waals surface area (Å²) in [6, 6.07) is 8.14. The Morgan fingerprint density at radius 2 is 2.25 bits per heavy atom. The molecule has 1 rings (SSSR count). The molecule has 0 aliphatic rings. The molecule has 0 saturated carbocycles. The van der Waals surface area contributed by atoms with Gasteiger partial charge in [0.15, 0.2) is 0 Å². The van der Waals surface area contributed by atoms with Crippen LogP contribution in [0.25, 0.3) is 0 Å². The van der Waals surface area contributed by atoms with E-state index in [9.17, 15) is 4.79 Å². The second-order valence-electron chi connectivity index (χ2n) is 4.14. The van der Waals surface area contributed by atoms with Gasteiger partial charge in [-0.2, -0.15) is 0 Å². The van der Waals surface area contributed by atoms with Crippen molar-refractivity contribution in [2.75, 3.05) is 5.75 Å². The number of carbonyl (C=O) groups is 1. The molecule has 3 N–H and O–H groups in total. The summed E-state index contributed by atoms with van der Waals surface area (Å²) < 4.78 is 0. The first kappa shape index (κ1) is 13.1. The van der Waals surface area contributed by atoms with E-state index in [2.05, 4.69) is 6.07 Å². The topological polar surface area (TPSA) is 63.3 Å². The predicted octanol–water partition coefficient (Wildman–Crippen LogP) is 2.28. The highest BCUT2D eigenvalue weighted by atomic mass is 32.2. The van der Waals surface area contributed by atoms with E-state index >= 15 is 0 Å². The van der Waals surface area contributed by atoms with E-state index in [4.69, 9.17) is 10.8 Å². The Morgan fingerprint density at radius 3 is 2.81 bits per heavy atom. The molecule has 0 aliphatic heterocycles. The summed E-state index contributed by atoms with van der Waals surface area (Å²) in [5.41, 5.74) is 5.72. The summed E-state index contributed by atoms with van der Waals surface area (Å²) in [5.74, 6) is -0.236. The molecule has 0 bridgehead atoms. The van der Waals surface area contributed by atoms with Crippen LogP contribution < -0.4 is 5.73 Å². The fourth-order valence-corrected chi connectivity index (χ4v) is 2.40. The third-order valence-corrected chi connectivity index (χ3v) is 3.36. The molecule has 0 aliphatic carbocycles. The van der Waals surface area contributed by atoms with E-state index in [0.717, 1.165) is 4.90 Å². The second-order valence-corrected chi connectivity index (χ2v) is 5.31. The average Bonchev–Trinajstić information content (AvgIpc) is 2.17. The Hall–Kier alpha value is -1.00. The van der Waals surface area contributed by atoms with Crippen molar-refractivity contribution in [1.29, 1.82) is 0 Å². The zero-order valence-electron chi connectivity index (χ0n) is 9.56. The van der Waals surface area contributed by atoms with E-state index in [1.807, 2.05) is 25.1 Å². The number of nitrogens with two attached hydrogens (primary N) is 1. The number of hydrogen-bond acceptors (Lipinski definition) is 3. The van der Waals surface area contributed by atoms with Gasteiger partial charge in [-0.05, 0) is 32.4 Å². The van der Waals surface area contributed by atoms with Crippen molar-refractivity contribution in [2.24, 2.45) is 5.73 Å². The van der Waals surface area contributed by atoms with Crippen molar-refractivity contribution in [1.82, 2.24) is 0 Å². The van der Waals surface area contributed by atoms with Gasteiger partial charge in [-0.15, -0.1) is 11.8 Å². The van der Waals surface area contributed by atoms with Gasteiger partial charge in [-0.3, -0.25) is 4.79 Å². The molecule has 88 valence electrons. The number of rotatable bonds is 5. The number of aryl methyl sites for hydroxylation is 1. The summed E-state index contributed by atoms with van der Waals surface area (Å²) in [5, 5.41) is 8.85. The Kier molecular flexibility index (Phi) is 4.38. The van der Waals surface area contributed by atoms with E-state index < -0.39 is 11.5 Å². The van der Waals surface area contributed by atoms with Crippen LogP contribution in [0.2, 0.25) is 0 Å². The van der Waals surface area contributed by atoms with Gasteiger partial charge in [-0.25, -0.2) is 0 Å². The quantitative estimate of drug-likeness (QED) is 0.774. The maximum atomic E-state index is 10.8. The first-order valence-electron chi connectivity index (χ1n) is 5.13. The highest BCUT2D eigenvalue weighted by Crippen LogP contribution is 2.21. The number of carboxylic acids is 1. The Morgan fingerprint density at radius 1 is 1.56 bits per heavy atom. The molecule has 0 amide bonds. The molecule has 1 aromatic carbocycles. The van der Waals surface area contributed by atoms with Gasteiger partial charge in [0.25, 0.3) is 0 Å². The van der Waals surface area contributed by atoms with Crippen LogP contribution in [-0.2, 0) is 4.79 Å². The number of benzene rings is 1. The number of hydrogen-bond donors (Lipinski definition) is 2. The minimum absolute atomic E-state index is 0.459. The van der Waals surface area contributed by atoms with Crippen LogP contribution in [0.3, 0.4) is 0 Å². The van der Waals surface area contributed by atoms with Gasteiger partial charge in [0.1, 0.15) is 5.54 Å². The maximum absolute atomic E-state index is 10.8. The fourth-order valence-electron chi connectivity index (χ4n) is 1.19. The zero-order chi connectivity index (χ0) is 12.2. The number of aliphatic carboxylic acids is 1. The van der Waals surface area contributed by atoms with Gasteiger partial charge in [0.2, 0.25) is 0 Å². The predicted molar refractivity (Wildman–Crippen MR) is 66.7 cm³/mol. The van der Waals surface area contributed by atoms with Crippen LogP contribution in [0.4, 0.5) is 0 Å². The van der Waals surface area contributed by atoms with E-state index in [1.165, 1.54) is 5.56 Å². The van der Waals surface area contributed by atoms with Crippen molar-refractivity contribution in [3.8, 4) is 0 Å². The Balaban J connectivity index is 2.45. The molecule has 0 radical (unpaired) electrons. The third kappa shape index (κ3) is 3.87. The molecule has 1 aromatic rings. The smallest absolute Gasteiger partial charge is 0.323 e. The highest BCUT2D eigenvalue weighted by molar-refractivity contribution is 7.99. The van der Waals surface area contributed by atoms with Crippen LogP contribution in [0.15, 0.2) is 29.2 Å². The maximum Gasteiger partial charge on any atom is 0.323 e. The van der Waals surface area contributed by atoms with E-state index in [-0.39, 0.29) is 0 Å². The molecule has 1 atom stereocenters. The second kappa shape index (κ2) is 5.37. The lowest BCUT2D eigenvalue weighted by molar-refractivity contribution is -0.142. The van der Waals surface area contributed by atoms with Crippen molar-refractivity contribution in [2.45, 2.75) is 30.7 Å². The van der Waals surface area contributed by atoms with E-state index in [0.29, 0.717) is 12.2 Å². The number of thioether (sulfide) groups is 1. The largest absolute Gasteiger partial charge is 0.480 e. The lowest BCUT2D eigenvalue weighted by Crippen LogP contribution is -2.45. The molecule has 0 heterocycles. The summed E-state index contributed by atoms with van der Waals surface area (Å²) in [6.07, 6.45) is 0.459. The lowest BCUT2D eigenvalue weighted by atomic mass is 10.0. The molecular formula is C12H17NO2S. The van der Waals surface area contributed by atoms with Crippen molar-refractivity contribution >= 4 is 17.7 Å². The fraction of sp³-hybridized carbons (Fsp3) is 0.417. The minimum Gasteiger partial charge on any atom is -0.480 e. The van der Waals surface area contributed by atoms with Crippen LogP contribution >= 0.6 is 11.8 Å². The first-order valence-corrected chi connectivity index (χ1v) is 6.12.